The largest absolute Gasteiger partial charge is 0.354 e. The Morgan fingerprint density at radius 2 is 1.88 bits per heavy atom. The quantitative estimate of drug-likeness (QED) is 0.404. The number of rotatable bonds is 3. The van der Waals surface area contributed by atoms with E-state index in [4.69, 9.17) is 4.98 Å². The minimum atomic E-state index is 1.07. The Morgan fingerprint density at radius 1 is 1.04 bits per heavy atom. The average Bonchev–Trinajstić information content (AvgIpc) is 3.16. The second-order valence-electron chi connectivity index (χ2n) is 6.35. The molecule has 0 saturated carbocycles. The summed E-state index contributed by atoms with van der Waals surface area (Å²) in [5.74, 6) is 0. The number of benzene rings is 2. The fourth-order valence-corrected chi connectivity index (χ4v) is 4.22. The lowest BCUT2D eigenvalue weighted by Crippen LogP contribution is -1.82. The Balaban J connectivity index is 1.90. The lowest BCUT2D eigenvalue weighted by atomic mass is 10.1. The molecule has 2 nitrogen and oxygen atoms in total. The van der Waals surface area contributed by atoms with Gasteiger partial charge in [0.05, 0.1) is 10.2 Å². The molecule has 2 aromatic carbocycles. The molecule has 0 radical (unpaired) electrons. The van der Waals surface area contributed by atoms with Gasteiger partial charge in [0.15, 0.2) is 0 Å². The molecule has 3 heteroatoms. The zero-order valence-electron chi connectivity index (χ0n) is 14.6. The Morgan fingerprint density at radius 3 is 2.68 bits per heavy atom. The second-order valence-corrected chi connectivity index (χ2v) is 7.38. The molecule has 0 spiro atoms. The van der Waals surface area contributed by atoms with Crippen LogP contribution in [0, 0.1) is 0 Å². The van der Waals surface area contributed by atoms with Crippen molar-refractivity contribution in [2.24, 2.45) is 0 Å². The molecule has 4 aromatic rings. The summed E-state index contributed by atoms with van der Waals surface area (Å²) in [6, 6.07) is 12.9. The minimum absolute atomic E-state index is 1.07. The van der Waals surface area contributed by atoms with Crippen LogP contribution in [0.5, 0.6) is 0 Å². The zero-order valence-corrected chi connectivity index (χ0v) is 15.4. The fourth-order valence-electron chi connectivity index (χ4n) is 3.10. The Labute approximate surface area is 151 Å². The second kappa shape index (κ2) is 6.34. The number of hydrogen-bond acceptors (Lipinski definition) is 2. The molecule has 25 heavy (non-hydrogen) atoms. The molecule has 0 bridgehead atoms. The average molecular weight is 344 g/mol. The first-order chi connectivity index (χ1) is 12.2. The number of nitrogens with zero attached hydrogens (tertiary/aromatic N) is 1. The van der Waals surface area contributed by atoms with Crippen LogP contribution in [0.2, 0.25) is 0 Å². The van der Waals surface area contributed by atoms with Crippen LogP contribution >= 0.6 is 11.3 Å². The third kappa shape index (κ3) is 2.81. The van der Waals surface area contributed by atoms with Crippen molar-refractivity contribution < 1.29 is 0 Å². The first kappa shape index (κ1) is 15.9. The van der Waals surface area contributed by atoms with E-state index in [2.05, 4.69) is 67.4 Å². The zero-order chi connectivity index (χ0) is 17.4. The molecule has 0 atom stereocenters. The van der Waals surface area contributed by atoms with E-state index in [0.717, 1.165) is 10.5 Å². The van der Waals surface area contributed by atoms with Gasteiger partial charge in [-0.3, -0.25) is 0 Å². The Bertz CT molecular complexity index is 1160. The number of hydrogen-bond donors (Lipinski definition) is 1. The molecule has 0 aliphatic carbocycles. The van der Waals surface area contributed by atoms with Gasteiger partial charge >= 0.3 is 0 Å². The van der Waals surface area contributed by atoms with Crippen molar-refractivity contribution in [1.29, 1.82) is 0 Å². The van der Waals surface area contributed by atoms with Crippen molar-refractivity contribution in [2.45, 2.75) is 20.8 Å². The normalized spacial score (nSPS) is 12.3. The lowest BCUT2D eigenvalue weighted by Gasteiger charge is -1.99. The molecule has 0 aliphatic rings. The molecule has 0 amide bonds. The molecule has 1 N–H and O–H groups in total. The summed E-state index contributed by atoms with van der Waals surface area (Å²) in [6.45, 7) is 6.30. The van der Waals surface area contributed by atoms with Gasteiger partial charge in [-0.25, -0.2) is 4.98 Å². The third-order valence-electron chi connectivity index (χ3n) is 4.35. The maximum Gasteiger partial charge on any atom is 0.124 e. The molecule has 4 rings (SSSR count). The number of aromatic nitrogens is 2. The highest BCUT2D eigenvalue weighted by Crippen LogP contribution is 2.34. The molecule has 0 aliphatic heterocycles. The smallest absolute Gasteiger partial charge is 0.124 e. The molecule has 0 unspecified atom stereocenters. The monoisotopic (exact) mass is 344 g/mol. The van der Waals surface area contributed by atoms with E-state index in [9.17, 15) is 0 Å². The highest BCUT2D eigenvalue weighted by molar-refractivity contribution is 7.19. The van der Waals surface area contributed by atoms with Gasteiger partial charge in [-0.2, -0.15) is 0 Å². The van der Waals surface area contributed by atoms with Crippen molar-refractivity contribution >= 4 is 48.9 Å². The summed E-state index contributed by atoms with van der Waals surface area (Å²) in [6.07, 6.45) is 8.30. The van der Waals surface area contributed by atoms with Crippen molar-refractivity contribution in [3.05, 3.63) is 71.3 Å². The van der Waals surface area contributed by atoms with E-state index < -0.39 is 0 Å². The molecule has 124 valence electrons. The van der Waals surface area contributed by atoms with E-state index in [-0.39, 0.29) is 0 Å². The topological polar surface area (TPSA) is 28.7 Å². The lowest BCUT2D eigenvalue weighted by molar-refractivity contribution is 1.36. The predicted molar refractivity (Wildman–Crippen MR) is 111 cm³/mol. The van der Waals surface area contributed by atoms with Crippen LogP contribution in [-0.4, -0.2) is 9.97 Å². The van der Waals surface area contributed by atoms with Gasteiger partial charge in [0.2, 0.25) is 0 Å². The van der Waals surface area contributed by atoms with Crippen LogP contribution in [0.4, 0.5) is 0 Å². The fraction of sp³-hybridized carbons (Fsp3) is 0.136. The minimum Gasteiger partial charge on any atom is -0.354 e. The van der Waals surface area contributed by atoms with Gasteiger partial charge in [0.1, 0.15) is 5.01 Å². The van der Waals surface area contributed by atoms with Gasteiger partial charge < -0.3 is 4.98 Å². The van der Waals surface area contributed by atoms with E-state index in [0.29, 0.717) is 0 Å². The van der Waals surface area contributed by atoms with Crippen molar-refractivity contribution in [3.8, 4) is 0 Å². The highest BCUT2D eigenvalue weighted by atomic mass is 32.1. The van der Waals surface area contributed by atoms with Crippen LogP contribution < -0.4 is 0 Å². The molecule has 2 heterocycles. The first-order valence-corrected chi connectivity index (χ1v) is 9.27. The van der Waals surface area contributed by atoms with Gasteiger partial charge in [-0.15, -0.1) is 11.3 Å². The van der Waals surface area contributed by atoms with Gasteiger partial charge in [-0.1, -0.05) is 48.1 Å². The molecule has 0 saturated heterocycles. The maximum atomic E-state index is 4.92. The Kier molecular flexibility index (Phi) is 4.02. The van der Waals surface area contributed by atoms with Crippen LogP contribution in [0.3, 0.4) is 0 Å². The SMILES string of the molecule is C/C=C\C=C/C(=C(C)C)c1nc2cc3c(cc2s1)[nH]c1ccccc13. The summed E-state index contributed by atoms with van der Waals surface area (Å²) in [5, 5.41) is 3.57. The number of nitrogens with one attached hydrogen (secondary N) is 1. The maximum absolute atomic E-state index is 4.92. The molecule has 2 aromatic heterocycles. The summed E-state index contributed by atoms with van der Waals surface area (Å²) < 4.78 is 1.22. The van der Waals surface area contributed by atoms with Crippen LogP contribution in [0.25, 0.3) is 37.6 Å². The van der Waals surface area contributed by atoms with E-state index in [1.165, 1.54) is 37.7 Å². The summed E-state index contributed by atoms with van der Waals surface area (Å²) in [5.41, 5.74) is 5.89. The van der Waals surface area contributed by atoms with Crippen molar-refractivity contribution in [2.75, 3.05) is 0 Å². The highest BCUT2D eigenvalue weighted by Gasteiger charge is 2.11. The van der Waals surface area contributed by atoms with Crippen LogP contribution in [0.1, 0.15) is 25.8 Å². The number of allylic oxidation sites excluding steroid dienone is 6. The summed E-state index contributed by atoms with van der Waals surface area (Å²) in [4.78, 5) is 8.44. The van der Waals surface area contributed by atoms with Gasteiger partial charge in [-0.05, 0) is 39.0 Å². The third-order valence-corrected chi connectivity index (χ3v) is 5.40. The molecular formula is C22H20N2S. The van der Waals surface area contributed by atoms with Crippen molar-refractivity contribution in [3.63, 3.8) is 0 Å². The van der Waals surface area contributed by atoms with Gasteiger partial charge in [0, 0.05) is 27.4 Å². The van der Waals surface area contributed by atoms with Gasteiger partial charge in [0.25, 0.3) is 0 Å². The Hall–Kier alpha value is -2.65. The van der Waals surface area contributed by atoms with Crippen molar-refractivity contribution in [1.82, 2.24) is 9.97 Å². The number of fused-ring (bicyclic) bond motifs is 4. The van der Waals surface area contributed by atoms with Crippen LogP contribution in [0.15, 0.2) is 66.3 Å². The van der Waals surface area contributed by atoms with Crippen LogP contribution in [-0.2, 0) is 0 Å². The van der Waals surface area contributed by atoms with E-state index >= 15 is 0 Å². The van der Waals surface area contributed by atoms with E-state index in [1.54, 1.807) is 11.3 Å². The number of thiazole rings is 1. The predicted octanol–water partition coefficient (Wildman–Crippen LogP) is 6.86. The van der Waals surface area contributed by atoms with E-state index in [1.807, 2.05) is 19.1 Å². The first-order valence-electron chi connectivity index (χ1n) is 8.45. The summed E-state index contributed by atoms with van der Waals surface area (Å²) >= 11 is 1.75. The molecule has 0 fully saturated rings. The summed E-state index contributed by atoms with van der Waals surface area (Å²) in [7, 11) is 0. The molecular weight excluding hydrogens is 324 g/mol. The number of H-pyrrole nitrogens is 1. The standard InChI is InChI=1S/C22H20N2S/c1-4-5-6-9-15(14(2)3)22-24-20-12-17-16-10-7-8-11-18(16)23-19(17)13-21(20)25-22/h4-13,23H,1-3H3/b5-4-,9-6-. The number of aromatic amines is 1. The number of para-hydroxylation sites is 1.